The molecule has 13 heavy (non-hydrogen) atoms. The van der Waals surface area contributed by atoms with E-state index < -0.39 is 31.5 Å². The van der Waals surface area contributed by atoms with Crippen LogP contribution >= 0.6 is 0 Å². The molecule has 0 unspecified atom stereocenters. The molecule has 1 heterocycles. The van der Waals surface area contributed by atoms with Gasteiger partial charge in [-0.2, -0.15) is 13.2 Å². The predicted octanol–water partition coefficient (Wildman–Crippen LogP) is 0.953. The number of hydrogen-bond acceptors (Lipinski definition) is 2. The summed E-state index contributed by atoms with van der Waals surface area (Å²) in [6.07, 6.45) is -5.58. The fourth-order valence-corrected chi connectivity index (χ4v) is 1.54. The van der Waals surface area contributed by atoms with E-state index in [-0.39, 0.29) is 13.0 Å². The van der Waals surface area contributed by atoms with Crippen LogP contribution in [0.5, 0.6) is 0 Å². The minimum atomic E-state index is -4.32. The maximum absolute atomic E-state index is 12.7. The summed E-state index contributed by atoms with van der Waals surface area (Å²) in [5, 5.41) is 8.68. The third kappa shape index (κ3) is 3.11. The Kier molecular flexibility index (Phi) is 3.13. The number of nitrogens with zero attached hydrogens (tertiary/aromatic N) is 1. The van der Waals surface area contributed by atoms with Crippen LogP contribution in [0, 0.1) is 0 Å². The van der Waals surface area contributed by atoms with Gasteiger partial charge in [-0.15, -0.1) is 0 Å². The standard InChI is InChI=1S/C7H11F4NO/c8-5-1-6(3-13)12(2-5)4-7(9,10)11/h5-6,13H,1-4H2/t5-,6-/m0/s1. The Balaban J connectivity index is 2.49. The molecule has 0 saturated carbocycles. The van der Waals surface area contributed by atoms with Crippen LogP contribution in [0.25, 0.3) is 0 Å². The average molecular weight is 201 g/mol. The van der Waals surface area contributed by atoms with E-state index in [9.17, 15) is 17.6 Å². The topological polar surface area (TPSA) is 23.5 Å². The van der Waals surface area contributed by atoms with Gasteiger partial charge < -0.3 is 5.11 Å². The molecule has 6 heteroatoms. The van der Waals surface area contributed by atoms with Crippen molar-refractivity contribution in [3.05, 3.63) is 0 Å². The fourth-order valence-electron chi connectivity index (χ4n) is 1.54. The van der Waals surface area contributed by atoms with E-state index in [0.717, 1.165) is 4.90 Å². The van der Waals surface area contributed by atoms with E-state index in [1.54, 1.807) is 0 Å². The predicted molar refractivity (Wildman–Crippen MR) is 38.0 cm³/mol. The molecule has 0 aromatic carbocycles. The first kappa shape index (κ1) is 10.7. The Hall–Kier alpha value is -0.360. The van der Waals surface area contributed by atoms with Crippen molar-refractivity contribution in [3.8, 4) is 0 Å². The number of halogens is 4. The lowest BCUT2D eigenvalue weighted by atomic mass is 10.2. The van der Waals surface area contributed by atoms with E-state index in [1.807, 2.05) is 0 Å². The van der Waals surface area contributed by atoms with Gasteiger partial charge in [0.05, 0.1) is 13.2 Å². The van der Waals surface area contributed by atoms with Crippen molar-refractivity contribution in [1.29, 1.82) is 0 Å². The van der Waals surface area contributed by atoms with Gasteiger partial charge in [-0.3, -0.25) is 4.90 Å². The van der Waals surface area contributed by atoms with Crippen LogP contribution in [0.1, 0.15) is 6.42 Å². The first-order valence-corrected chi connectivity index (χ1v) is 3.98. The first-order chi connectivity index (χ1) is 5.92. The van der Waals surface area contributed by atoms with E-state index in [2.05, 4.69) is 0 Å². The van der Waals surface area contributed by atoms with Crippen LogP contribution in [0.4, 0.5) is 17.6 Å². The second-order valence-corrected chi connectivity index (χ2v) is 3.21. The molecule has 78 valence electrons. The van der Waals surface area contributed by atoms with Crippen molar-refractivity contribution in [2.24, 2.45) is 0 Å². The van der Waals surface area contributed by atoms with Gasteiger partial charge in [-0.1, -0.05) is 0 Å². The molecular weight excluding hydrogens is 190 g/mol. The van der Waals surface area contributed by atoms with Crippen LogP contribution in [0.3, 0.4) is 0 Å². The minimum Gasteiger partial charge on any atom is -0.395 e. The molecule has 1 N–H and O–H groups in total. The van der Waals surface area contributed by atoms with Crippen LogP contribution in [-0.2, 0) is 0 Å². The molecule has 0 aromatic heterocycles. The Morgan fingerprint density at radius 3 is 2.46 bits per heavy atom. The van der Waals surface area contributed by atoms with Gasteiger partial charge in [0.2, 0.25) is 0 Å². The number of hydrogen-bond donors (Lipinski definition) is 1. The minimum absolute atomic E-state index is 0.00736. The Morgan fingerprint density at radius 1 is 1.38 bits per heavy atom. The van der Waals surface area contributed by atoms with Gasteiger partial charge in [0.25, 0.3) is 0 Å². The number of rotatable bonds is 2. The molecular formula is C7H11F4NO. The van der Waals surface area contributed by atoms with Crippen molar-refractivity contribution < 1.29 is 22.7 Å². The second kappa shape index (κ2) is 3.79. The lowest BCUT2D eigenvalue weighted by Crippen LogP contribution is -2.39. The summed E-state index contributed by atoms with van der Waals surface area (Å²) in [5.41, 5.74) is 0. The Bertz CT molecular complexity index is 172. The van der Waals surface area contributed by atoms with Crippen molar-refractivity contribution >= 4 is 0 Å². The molecule has 0 spiro atoms. The molecule has 1 saturated heterocycles. The molecule has 2 nitrogen and oxygen atoms in total. The second-order valence-electron chi connectivity index (χ2n) is 3.21. The molecule has 1 fully saturated rings. The molecule has 0 aliphatic carbocycles. The Labute approximate surface area is 73.1 Å². The highest BCUT2D eigenvalue weighted by Crippen LogP contribution is 2.25. The van der Waals surface area contributed by atoms with E-state index >= 15 is 0 Å². The third-order valence-corrected chi connectivity index (χ3v) is 2.07. The zero-order chi connectivity index (χ0) is 10.1. The van der Waals surface area contributed by atoms with Gasteiger partial charge in [0.15, 0.2) is 0 Å². The summed E-state index contributed by atoms with van der Waals surface area (Å²) < 4.78 is 48.4. The molecule has 1 aliphatic heterocycles. The lowest BCUT2D eigenvalue weighted by Gasteiger charge is -2.23. The van der Waals surface area contributed by atoms with Gasteiger partial charge in [0.1, 0.15) is 6.17 Å². The van der Waals surface area contributed by atoms with E-state index in [4.69, 9.17) is 5.11 Å². The highest BCUT2D eigenvalue weighted by atomic mass is 19.4. The number of aliphatic hydroxyl groups excluding tert-OH is 1. The molecule has 0 amide bonds. The quantitative estimate of drug-likeness (QED) is 0.672. The largest absolute Gasteiger partial charge is 0.401 e. The summed E-state index contributed by atoms with van der Waals surface area (Å²) in [6.45, 7) is -1.79. The number of likely N-dealkylation sites (tertiary alicyclic amines) is 1. The molecule has 1 aliphatic rings. The van der Waals surface area contributed by atoms with Crippen molar-refractivity contribution in [2.75, 3.05) is 19.7 Å². The Morgan fingerprint density at radius 2 is 2.00 bits per heavy atom. The fraction of sp³-hybridized carbons (Fsp3) is 1.00. The molecule has 0 bridgehead atoms. The zero-order valence-electron chi connectivity index (χ0n) is 6.89. The van der Waals surface area contributed by atoms with Crippen molar-refractivity contribution in [1.82, 2.24) is 4.90 Å². The normalized spacial score (nSPS) is 31.2. The highest BCUT2D eigenvalue weighted by Gasteiger charge is 2.39. The molecule has 0 aromatic rings. The maximum Gasteiger partial charge on any atom is 0.401 e. The van der Waals surface area contributed by atoms with Gasteiger partial charge >= 0.3 is 6.18 Å². The summed E-state index contributed by atoms with van der Waals surface area (Å²) in [4.78, 5) is 0.935. The van der Waals surface area contributed by atoms with E-state index in [1.165, 1.54) is 0 Å². The van der Waals surface area contributed by atoms with Gasteiger partial charge in [0, 0.05) is 12.6 Å². The summed E-state index contributed by atoms with van der Waals surface area (Å²) in [7, 11) is 0. The SMILES string of the molecule is OC[C@@H]1C[C@H](F)CN1CC(F)(F)F. The van der Waals surface area contributed by atoms with Crippen molar-refractivity contribution in [2.45, 2.75) is 24.8 Å². The smallest absolute Gasteiger partial charge is 0.395 e. The average Bonchev–Trinajstić information content (AvgIpc) is 2.27. The zero-order valence-corrected chi connectivity index (χ0v) is 6.89. The van der Waals surface area contributed by atoms with Gasteiger partial charge in [-0.05, 0) is 6.42 Å². The lowest BCUT2D eigenvalue weighted by molar-refractivity contribution is -0.149. The molecule has 0 radical (unpaired) electrons. The number of alkyl halides is 4. The monoisotopic (exact) mass is 201 g/mol. The summed E-state index contributed by atoms with van der Waals surface area (Å²) in [6, 6.07) is -0.684. The van der Waals surface area contributed by atoms with Crippen LogP contribution in [0.15, 0.2) is 0 Å². The van der Waals surface area contributed by atoms with Crippen LogP contribution in [-0.4, -0.2) is 48.1 Å². The van der Waals surface area contributed by atoms with Crippen molar-refractivity contribution in [3.63, 3.8) is 0 Å². The van der Waals surface area contributed by atoms with Crippen LogP contribution in [0.2, 0.25) is 0 Å². The summed E-state index contributed by atoms with van der Waals surface area (Å²) in [5.74, 6) is 0. The molecule has 2 atom stereocenters. The number of aliphatic hydroxyl groups is 1. The first-order valence-electron chi connectivity index (χ1n) is 3.98. The third-order valence-electron chi connectivity index (χ3n) is 2.07. The summed E-state index contributed by atoms with van der Waals surface area (Å²) >= 11 is 0. The molecule has 1 rings (SSSR count). The highest BCUT2D eigenvalue weighted by molar-refractivity contribution is 4.85. The van der Waals surface area contributed by atoms with E-state index in [0.29, 0.717) is 0 Å². The van der Waals surface area contributed by atoms with Gasteiger partial charge in [-0.25, -0.2) is 4.39 Å². The van der Waals surface area contributed by atoms with Crippen LogP contribution < -0.4 is 0 Å². The maximum atomic E-state index is 12.7.